The fraction of sp³-hybridized carbons (Fsp3) is 0.429. The Hall–Kier alpha value is -3.62. The van der Waals surface area contributed by atoms with Crippen molar-refractivity contribution in [1.29, 1.82) is 0 Å². The molecule has 2 N–H and O–H groups in total. The van der Waals surface area contributed by atoms with E-state index in [0.29, 0.717) is 36.1 Å². The van der Waals surface area contributed by atoms with Crippen molar-refractivity contribution in [3.05, 3.63) is 121 Å². The molecule has 0 amide bonds. The Labute approximate surface area is 324 Å². The van der Waals surface area contributed by atoms with Gasteiger partial charge in [-0.1, -0.05) is 98.5 Å². The highest BCUT2D eigenvalue weighted by Gasteiger charge is 2.31. The van der Waals surface area contributed by atoms with E-state index in [1.807, 2.05) is 72.8 Å². The van der Waals surface area contributed by atoms with Crippen molar-refractivity contribution in [1.82, 2.24) is 10.2 Å². The van der Waals surface area contributed by atoms with Crippen molar-refractivity contribution in [3.8, 4) is 23.0 Å². The first kappa shape index (κ1) is 43.1. The lowest BCUT2D eigenvalue weighted by atomic mass is 10.1. The van der Waals surface area contributed by atoms with Crippen molar-refractivity contribution in [2.75, 3.05) is 67.5 Å². The molecule has 0 aliphatic carbocycles. The van der Waals surface area contributed by atoms with Crippen molar-refractivity contribution in [3.63, 3.8) is 0 Å². The van der Waals surface area contributed by atoms with E-state index in [1.54, 1.807) is 48.5 Å². The number of unbranched alkanes of at least 4 members (excludes halogenated alkanes) is 7. The Kier molecular flexibility index (Phi) is 17.6. The summed E-state index contributed by atoms with van der Waals surface area (Å²) in [6, 6.07) is 36.6. The molecule has 12 heteroatoms. The van der Waals surface area contributed by atoms with Crippen molar-refractivity contribution in [2.45, 2.75) is 51.4 Å². The van der Waals surface area contributed by atoms with Gasteiger partial charge in [-0.15, -0.1) is 0 Å². The molecular weight excluding hydrogens is 718 g/mol. The van der Waals surface area contributed by atoms with Crippen molar-refractivity contribution in [2.24, 2.45) is 0 Å². The summed E-state index contributed by atoms with van der Waals surface area (Å²) in [5.74, 6) is 2.00. The number of benzene rings is 4. The summed E-state index contributed by atoms with van der Waals surface area (Å²) in [5, 5.41) is 6.19. The Morgan fingerprint density at radius 2 is 0.630 bits per heavy atom. The lowest BCUT2D eigenvalue weighted by molar-refractivity contribution is -0.889. The van der Waals surface area contributed by atoms with Crippen LogP contribution < -0.4 is 28.3 Å². The van der Waals surface area contributed by atoms with Crippen LogP contribution in [0.4, 0.5) is 0 Å². The van der Waals surface area contributed by atoms with Gasteiger partial charge in [0.15, 0.2) is 0 Å². The van der Waals surface area contributed by atoms with E-state index >= 15 is 0 Å². The monoisotopic (exact) mass is 780 g/mol. The third-order valence-electron chi connectivity index (χ3n) is 9.20. The molecule has 0 aliphatic heterocycles. The van der Waals surface area contributed by atoms with E-state index in [1.165, 1.54) is 38.5 Å². The van der Waals surface area contributed by atoms with Gasteiger partial charge in [-0.25, -0.2) is 9.13 Å². The first-order chi connectivity index (χ1) is 25.9. The smallest absolute Gasteiger partial charge is 0.405 e. The summed E-state index contributed by atoms with van der Waals surface area (Å²) in [4.78, 5) is 0. The number of hydrogen-bond donors (Lipinski definition) is 2. The minimum absolute atomic E-state index is 0.499. The first-order valence-corrected chi connectivity index (χ1v) is 22.3. The van der Waals surface area contributed by atoms with E-state index in [2.05, 4.69) is 38.4 Å². The van der Waals surface area contributed by atoms with Crippen LogP contribution in [-0.2, 0) is 9.13 Å². The zero-order valence-corrected chi connectivity index (χ0v) is 34.5. The Morgan fingerprint density at radius 1 is 0.389 bits per heavy atom. The molecule has 4 aromatic carbocycles. The minimum atomic E-state index is -3.63. The largest absolute Gasteiger partial charge is 0.513 e. The van der Waals surface area contributed by atoms with Crippen LogP contribution in [0.15, 0.2) is 121 Å². The maximum Gasteiger partial charge on any atom is 0.513 e. The number of hydrogen-bond acceptors (Lipinski definition) is 6. The van der Waals surface area contributed by atoms with Crippen LogP contribution >= 0.6 is 15.5 Å². The van der Waals surface area contributed by atoms with Crippen LogP contribution in [-0.4, -0.2) is 76.4 Å². The van der Waals surface area contributed by atoms with Crippen LogP contribution in [0, 0.1) is 0 Å². The third kappa shape index (κ3) is 17.2. The maximum atomic E-state index is 13.7. The number of nitrogens with one attached hydrogen (secondary N) is 2. The molecule has 0 bridgehead atoms. The molecule has 0 radical (unpaired) electrons. The number of nitrogens with zero attached hydrogens (tertiary/aromatic N) is 2. The number of rotatable bonds is 27. The van der Waals surface area contributed by atoms with Crippen molar-refractivity contribution >= 4 is 15.5 Å². The molecule has 54 heavy (non-hydrogen) atoms. The number of quaternary nitrogens is 2. The highest BCUT2D eigenvalue weighted by atomic mass is 31.2. The zero-order valence-electron chi connectivity index (χ0n) is 32.7. The molecule has 0 heterocycles. The molecule has 10 nitrogen and oxygen atoms in total. The second-order valence-electron chi connectivity index (χ2n) is 15.0. The number of likely N-dealkylation sites (N-methyl/N-ethyl adjacent to an activating group) is 2. The van der Waals surface area contributed by atoms with Gasteiger partial charge in [0.2, 0.25) is 0 Å². The standard InChI is InChI=1S/C42H62N4O6P2/c1-45(2,37-33-43-53(47,49-39-25-15-11-16-26-39)50-40-27-17-12-18-28-40)35-23-9-7-5-6-8-10-24-36-46(3,4)38-34-44-54(48,51-41-29-19-13-20-30-41)52-42-31-21-14-22-32-42/h11-22,25-32H,5-10,23-24,33-38H2,1-4H3,(H,43,47)(H,44,48)/q+2. The predicted molar refractivity (Wildman–Crippen MR) is 220 cm³/mol. The van der Waals surface area contributed by atoms with Gasteiger partial charge in [-0.3, -0.25) is 0 Å². The molecule has 4 rings (SSSR count). The summed E-state index contributed by atoms with van der Waals surface area (Å²) in [6.07, 6.45) is 9.74. The van der Waals surface area contributed by atoms with Gasteiger partial charge in [0.25, 0.3) is 0 Å². The fourth-order valence-electron chi connectivity index (χ4n) is 5.99. The third-order valence-corrected chi connectivity index (χ3v) is 12.2. The van der Waals surface area contributed by atoms with Crippen LogP contribution in [0.5, 0.6) is 23.0 Å². The van der Waals surface area contributed by atoms with Gasteiger partial charge in [0, 0.05) is 0 Å². The molecule has 0 aliphatic rings. The summed E-state index contributed by atoms with van der Waals surface area (Å²) < 4.78 is 52.5. The Bertz CT molecular complexity index is 1480. The average Bonchev–Trinajstić information content (AvgIpc) is 3.13. The first-order valence-electron chi connectivity index (χ1n) is 19.3. The van der Waals surface area contributed by atoms with E-state index < -0.39 is 15.5 Å². The van der Waals surface area contributed by atoms with E-state index in [4.69, 9.17) is 18.1 Å². The topological polar surface area (TPSA) is 95.1 Å². The molecule has 0 atom stereocenters. The molecule has 0 aromatic heterocycles. The summed E-state index contributed by atoms with van der Waals surface area (Å²) in [7, 11) is 1.61. The molecule has 4 aromatic rings. The highest BCUT2D eigenvalue weighted by Crippen LogP contribution is 2.45. The Balaban J connectivity index is 1.06. The lowest BCUT2D eigenvalue weighted by Crippen LogP contribution is -2.45. The van der Waals surface area contributed by atoms with E-state index in [-0.39, 0.29) is 0 Å². The van der Waals surface area contributed by atoms with Crippen molar-refractivity contribution < 1.29 is 36.2 Å². The van der Waals surface area contributed by atoms with E-state index in [0.717, 1.165) is 48.0 Å². The average molecular weight is 781 g/mol. The summed E-state index contributed by atoms with van der Waals surface area (Å²) in [5.41, 5.74) is 0. The predicted octanol–water partition coefficient (Wildman–Crippen LogP) is 9.97. The highest BCUT2D eigenvalue weighted by molar-refractivity contribution is 7.52. The number of para-hydroxylation sites is 4. The molecular formula is C42H62N4O6P2+2. The van der Waals surface area contributed by atoms with E-state index in [9.17, 15) is 9.13 Å². The van der Waals surface area contributed by atoms with Gasteiger partial charge in [-0.05, 0) is 74.2 Å². The second-order valence-corrected chi connectivity index (χ2v) is 18.4. The summed E-state index contributed by atoms with van der Waals surface area (Å²) >= 11 is 0. The minimum Gasteiger partial charge on any atom is -0.405 e. The molecule has 0 fully saturated rings. The lowest BCUT2D eigenvalue weighted by Gasteiger charge is -2.30. The van der Waals surface area contributed by atoms with Gasteiger partial charge in [0.05, 0.1) is 67.5 Å². The maximum absolute atomic E-state index is 13.7. The molecule has 0 saturated carbocycles. The van der Waals surface area contributed by atoms with Crippen LogP contribution in [0.3, 0.4) is 0 Å². The molecule has 0 saturated heterocycles. The van der Waals surface area contributed by atoms with Gasteiger partial charge >= 0.3 is 15.5 Å². The second kappa shape index (κ2) is 22.1. The Morgan fingerprint density at radius 3 is 0.889 bits per heavy atom. The summed E-state index contributed by atoms with van der Waals surface area (Å²) in [6.45, 7) is 4.71. The van der Waals surface area contributed by atoms with Gasteiger partial charge in [0.1, 0.15) is 23.0 Å². The quantitative estimate of drug-likeness (QED) is 0.0351. The zero-order chi connectivity index (χ0) is 38.6. The molecule has 294 valence electrons. The normalized spacial score (nSPS) is 12.3. The molecule has 0 spiro atoms. The molecule has 0 unspecified atom stereocenters. The van der Waals surface area contributed by atoms with Gasteiger partial charge in [-0.2, -0.15) is 10.2 Å². The van der Waals surface area contributed by atoms with Crippen LogP contribution in [0.25, 0.3) is 0 Å². The SMILES string of the molecule is C[N+](C)(CCCCCCCCCC[N+](C)(C)CCNP(=O)(Oc1ccccc1)Oc1ccccc1)CCNP(=O)(Oc1ccccc1)Oc1ccccc1. The van der Waals surface area contributed by atoms with Crippen LogP contribution in [0.2, 0.25) is 0 Å². The fourth-order valence-corrected chi connectivity index (χ4v) is 8.67. The van der Waals surface area contributed by atoms with Gasteiger partial charge < -0.3 is 27.1 Å². The van der Waals surface area contributed by atoms with Crippen LogP contribution in [0.1, 0.15) is 51.4 Å².